The van der Waals surface area contributed by atoms with E-state index < -0.39 is 5.91 Å². The average molecular weight is 482 g/mol. The van der Waals surface area contributed by atoms with Crippen molar-refractivity contribution in [1.29, 1.82) is 0 Å². The molecule has 8 nitrogen and oxygen atoms in total. The van der Waals surface area contributed by atoms with Crippen LogP contribution in [0.25, 0.3) is 11.1 Å². The molecule has 0 aromatic carbocycles. The highest BCUT2D eigenvalue weighted by molar-refractivity contribution is 7.03. The van der Waals surface area contributed by atoms with E-state index in [1.807, 2.05) is 34.5 Å². The number of pyridine rings is 2. The molecule has 3 heterocycles. The van der Waals surface area contributed by atoms with Crippen LogP contribution in [0.5, 0.6) is 5.88 Å². The van der Waals surface area contributed by atoms with Gasteiger partial charge in [-0.05, 0) is 61.2 Å². The van der Waals surface area contributed by atoms with Crippen molar-refractivity contribution >= 4 is 23.1 Å². The zero-order valence-electron chi connectivity index (χ0n) is 19.8. The Morgan fingerprint density at radius 1 is 1.26 bits per heavy atom. The van der Waals surface area contributed by atoms with Crippen LogP contribution >= 0.6 is 11.5 Å². The lowest BCUT2D eigenvalue weighted by Gasteiger charge is -2.30. The number of carbonyl (C=O) groups excluding carboxylic acids is 1. The molecule has 0 spiro atoms. The Labute approximate surface area is 203 Å². The van der Waals surface area contributed by atoms with Crippen molar-refractivity contribution < 1.29 is 9.53 Å². The van der Waals surface area contributed by atoms with Crippen molar-refractivity contribution in [3.8, 4) is 17.0 Å². The molecule has 0 saturated heterocycles. The Hall–Kier alpha value is -3.20. The molecule has 34 heavy (non-hydrogen) atoms. The number of nitrogens with two attached hydrogens (primary N) is 1. The molecule has 0 radical (unpaired) electrons. The van der Waals surface area contributed by atoms with Crippen LogP contribution in [0, 0.1) is 5.92 Å². The summed E-state index contributed by atoms with van der Waals surface area (Å²) in [5.41, 5.74) is 9.22. The van der Waals surface area contributed by atoms with Gasteiger partial charge in [0.15, 0.2) is 0 Å². The molecule has 3 N–H and O–H groups in total. The summed E-state index contributed by atoms with van der Waals surface area (Å²) in [4.78, 5) is 28.9. The molecule has 0 atom stereocenters. The van der Waals surface area contributed by atoms with Crippen LogP contribution in [-0.4, -0.2) is 33.0 Å². The number of methoxy groups -OCH3 is 1. The van der Waals surface area contributed by atoms with Crippen molar-refractivity contribution in [2.45, 2.75) is 58.0 Å². The normalized spacial score (nSPS) is 18.1. The molecule has 1 fully saturated rings. The summed E-state index contributed by atoms with van der Waals surface area (Å²) in [7, 11) is 1.56. The first kappa shape index (κ1) is 23.9. The summed E-state index contributed by atoms with van der Waals surface area (Å²) < 4.78 is 11.5. The number of nitrogens with zero attached hydrogens (tertiary/aromatic N) is 3. The fourth-order valence-electron chi connectivity index (χ4n) is 4.60. The van der Waals surface area contributed by atoms with Gasteiger partial charge in [-0.15, -0.1) is 0 Å². The second kappa shape index (κ2) is 10.4. The Morgan fingerprint density at radius 3 is 2.65 bits per heavy atom. The van der Waals surface area contributed by atoms with E-state index in [-0.39, 0.29) is 23.2 Å². The Balaban J connectivity index is 1.50. The van der Waals surface area contributed by atoms with Gasteiger partial charge in [-0.2, -0.15) is 0 Å². The van der Waals surface area contributed by atoms with E-state index in [1.165, 1.54) is 11.5 Å². The van der Waals surface area contributed by atoms with E-state index in [1.54, 1.807) is 13.2 Å². The number of primary amides is 1. The van der Waals surface area contributed by atoms with Gasteiger partial charge in [0.1, 0.15) is 11.4 Å². The average Bonchev–Trinajstić information content (AvgIpc) is 3.36. The number of ether oxygens (including phenoxy) is 1. The highest BCUT2D eigenvalue weighted by Gasteiger charge is 2.26. The van der Waals surface area contributed by atoms with Crippen molar-refractivity contribution in [3.63, 3.8) is 0 Å². The summed E-state index contributed by atoms with van der Waals surface area (Å²) in [6.45, 7) is 4.89. The molecule has 0 bridgehead atoms. The van der Waals surface area contributed by atoms with Gasteiger partial charge in [0.25, 0.3) is 11.5 Å². The van der Waals surface area contributed by atoms with Gasteiger partial charge in [0.2, 0.25) is 5.88 Å². The topological polar surface area (TPSA) is 112 Å². The van der Waals surface area contributed by atoms with Crippen LogP contribution in [0.4, 0.5) is 5.69 Å². The largest absolute Gasteiger partial charge is 0.481 e. The second-order valence-electron chi connectivity index (χ2n) is 9.26. The van der Waals surface area contributed by atoms with E-state index in [0.717, 1.165) is 42.4 Å². The number of rotatable bonds is 8. The molecular formula is C25H31N5O3S. The minimum absolute atomic E-state index is 0.00988. The third-order valence-corrected chi connectivity index (χ3v) is 6.86. The number of carbonyl (C=O) groups is 1. The Kier molecular flexibility index (Phi) is 7.31. The molecular weight excluding hydrogens is 450 g/mol. The van der Waals surface area contributed by atoms with Crippen molar-refractivity contribution in [1.82, 2.24) is 13.9 Å². The summed E-state index contributed by atoms with van der Waals surface area (Å²) in [6.07, 6.45) is 7.46. The van der Waals surface area contributed by atoms with Gasteiger partial charge < -0.3 is 20.4 Å². The van der Waals surface area contributed by atoms with Crippen LogP contribution in [0.3, 0.4) is 0 Å². The lowest BCUT2D eigenvalue weighted by atomic mass is 9.82. The van der Waals surface area contributed by atoms with Crippen LogP contribution < -0.4 is 21.3 Å². The minimum Gasteiger partial charge on any atom is -0.481 e. The maximum absolute atomic E-state index is 13.2. The smallest absolute Gasteiger partial charge is 0.273 e. The fourth-order valence-corrected chi connectivity index (χ4v) is 5.15. The predicted molar refractivity (Wildman–Crippen MR) is 135 cm³/mol. The quantitative estimate of drug-likeness (QED) is 0.497. The standard InChI is InChI=1S/C25H31N5O3S/c1-15(2)12-30-13-17(18-11-27-34-14-18)10-22(25(30)32)28-19-6-4-16(5-7-19)20-8-9-21(23(26)31)29-24(20)33-3/h8-11,13-16,19,28H,4-7,12H2,1-3H3,(H2,26,31). The van der Waals surface area contributed by atoms with Crippen molar-refractivity contribution in [2.24, 2.45) is 11.7 Å². The molecule has 1 amide bonds. The van der Waals surface area contributed by atoms with E-state index >= 15 is 0 Å². The predicted octanol–water partition coefficient (Wildman–Crippen LogP) is 4.27. The highest BCUT2D eigenvalue weighted by Crippen LogP contribution is 2.37. The molecule has 3 aromatic heterocycles. The zero-order valence-corrected chi connectivity index (χ0v) is 20.6. The van der Waals surface area contributed by atoms with Crippen molar-refractivity contribution in [2.75, 3.05) is 12.4 Å². The number of hydrogen-bond donors (Lipinski definition) is 2. The number of anilines is 1. The van der Waals surface area contributed by atoms with E-state index in [0.29, 0.717) is 24.0 Å². The maximum Gasteiger partial charge on any atom is 0.273 e. The van der Waals surface area contributed by atoms with Gasteiger partial charge in [0, 0.05) is 47.1 Å². The van der Waals surface area contributed by atoms with Crippen molar-refractivity contribution in [3.05, 3.63) is 57.6 Å². The maximum atomic E-state index is 13.2. The molecule has 3 aromatic rings. The van der Waals surface area contributed by atoms with E-state index in [9.17, 15) is 9.59 Å². The van der Waals surface area contributed by atoms with Gasteiger partial charge in [-0.3, -0.25) is 9.59 Å². The third-order valence-electron chi connectivity index (χ3n) is 6.28. The van der Waals surface area contributed by atoms with Gasteiger partial charge >= 0.3 is 0 Å². The Bertz CT molecular complexity index is 1200. The number of aromatic nitrogens is 3. The minimum atomic E-state index is -0.568. The van der Waals surface area contributed by atoms with E-state index in [2.05, 4.69) is 28.5 Å². The third kappa shape index (κ3) is 5.30. The number of nitrogens with one attached hydrogen (secondary N) is 1. The van der Waals surface area contributed by atoms with Gasteiger partial charge in [0.05, 0.1) is 7.11 Å². The molecule has 180 valence electrons. The molecule has 1 aliphatic carbocycles. The molecule has 0 aliphatic heterocycles. The lowest BCUT2D eigenvalue weighted by molar-refractivity contribution is 0.0994. The Morgan fingerprint density at radius 2 is 2.03 bits per heavy atom. The monoisotopic (exact) mass is 481 g/mol. The highest BCUT2D eigenvalue weighted by atomic mass is 32.1. The van der Waals surface area contributed by atoms with Gasteiger partial charge in [-0.1, -0.05) is 19.9 Å². The van der Waals surface area contributed by atoms with E-state index in [4.69, 9.17) is 10.5 Å². The summed E-state index contributed by atoms with van der Waals surface area (Å²) in [5.74, 6) is 0.535. The molecule has 4 rings (SSSR count). The first-order valence-corrected chi connectivity index (χ1v) is 12.4. The summed E-state index contributed by atoms with van der Waals surface area (Å²) >= 11 is 1.40. The van der Waals surface area contributed by atoms with Crippen LogP contribution in [0.15, 0.2) is 40.8 Å². The first-order chi connectivity index (χ1) is 16.4. The van der Waals surface area contributed by atoms with Crippen LogP contribution in [0.2, 0.25) is 0 Å². The second-order valence-corrected chi connectivity index (χ2v) is 9.92. The molecule has 1 saturated carbocycles. The molecule has 1 aliphatic rings. The molecule has 0 unspecified atom stereocenters. The number of hydrogen-bond acceptors (Lipinski definition) is 7. The van der Waals surface area contributed by atoms with Crippen LogP contribution in [0.1, 0.15) is 61.5 Å². The SMILES string of the molecule is COc1nc(C(N)=O)ccc1C1CCC(Nc2cc(-c3cnsc3)cn(CC(C)C)c2=O)CC1. The first-order valence-electron chi connectivity index (χ1n) is 11.6. The fraction of sp³-hybridized carbons (Fsp3) is 0.440. The van der Waals surface area contributed by atoms with Gasteiger partial charge in [-0.25, -0.2) is 9.36 Å². The van der Waals surface area contributed by atoms with Crippen LogP contribution in [-0.2, 0) is 6.54 Å². The lowest BCUT2D eigenvalue weighted by Crippen LogP contribution is -2.31. The summed E-state index contributed by atoms with van der Waals surface area (Å²) in [6, 6.07) is 5.71. The molecule has 9 heteroatoms. The zero-order chi connectivity index (χ0) is 24.2. The number of amides is 1. The summed E-state index contributed by atoms with van der Waals surface area (Å²) in [5, 5.41) is 5.53.